The molecule has 5 nitrogen and oxygen atoms in total. The zero-order valence-corrected chi connectivity index (χ0v) is 17.9. The van der Waals surface area contributed by atoms with Gasteiger partial charge >= 0.3 is 0 Å². The van der Waals surface area contributed by atoms with E-state index in [0.29, 0.717) is 11.4 Å². The fraction of sp³-hybridized carbons (Fsp3) is 0.259. The molecule has 2 amide bonds. The number of nitrogens with zero attached hydrogens (tertiary/aromatic N) is 1. The number of anilines is 1. The number of hydrogen-bond donors (Lipinski definition) is 1. The van der Waals surface area contributed by atoms with Gasteiger partial charge in [0.2, 0.25) is 11.8 Å². The monoisotopic (exact) mass is 425 g/mol. The van der Waals surface area contributed by atoms with Crippen molar-refractivity contribution in [3.8, 4) is 5.75 Å². The van der Waals surface area contributed by atoms with Gasteiger partial charge in [0.25, 0.3) is 0 Å². The number of aliphatic hydroxyl groups excluding tert-OH is 1. The first-order chi connectivity index (χ1) is 15.5. The number of hydrogen-bond acceptors (Lipinski definition) is 4. The van der Waals surface area contributed by atoms with Crippen LogP contribution in [-0.2, 0) is 15.0 Å². The smallest absolute Gasteiger partial charge is 0.239 e. The number of ether oxygens (including phenoxy) is 1. The number of carbonyl (C=O) groups is 2. The lowest BCUT2D eigenvalue weighted by Gasteiger charge is -2.55. The van der Waals surface area contributed by atoms with E-state index in [1.54, 1.807) is 25.1 Å². The normalized spacial score (nSPS) is 28.2. The number of para-hydroxylation sites is 2. The van der Waals surface area contributed by atoms with E-state index in [0.717, 1.165) is 22.3 Å². The fourth-order valence-electron chi connectivity index (χ4n) is 6.59. The lowest BCUT2D eigenvalue weighted by molar-refractivity contribution is -0.126. The highest BCUT2D eigenvalue weighted by Crippen LogP contribution is 2.65. The van der Waals surface area contributed by atoms with Gasteiger partial charge < -0.3 is 9.84 Å². The SMILES string of the molecule is COc1ccccc1N1C(=O)[C@@H]2C3c4ccccc4C([C@H](C)O)(c4ccccc43)[C@H]2C1=O. The summed E-state index contributed by atoms with van der Waals surface area (Å²) >= 11 is 0. The summed E-state index contributed by atoms with van der Waals surface area (Å²) in [5, 5.41) is 11.3. The molecule has 7 rings (SSSR count). The van der Waals surface area contributed by atoms with Crippen LogP contribution in [0.5, 0.6) is 5.75 Å². The Labute approximate surface area is 186 Å². The van der Waals surface area contributed by atoms with E-state index in [9.17, 15) is 14.7 Å². The van der Waals surface area contributed by atoms with Crippen molar-refractivity contribution in [2.45, 2.75) is 24.4 Å². The first-order valence-corrected chi connectivity index (χ1v) is 10.9. The van der Waals surface area contributed by atoms with Crippen molar-refractivity contribution >= 4 is 17.5 Å². The molecule has 160 valence electrons. The highest BCUT2D eigenvalue weighted by molar-refractivity contribution is 6.24. The van der Waals surface area contributed by atoms with Gasteiger partial charge in [0.05, 0.1) is 36.2 Å². The molecule has 1 saturated heterocycles. The molecular weight excluding hydrogens is 402 g/mol. The van der Waals surface area contributed by atoms with Crippen LogP contribution in [0.3, 0.4) is 0 Å². The first kappa shape index (κ1) is 19.3. The van der Waals surface area contributed by atoms with Gasteiger partial charge in [0.15, 0.2) is 0 Å². The second kappa shape index (κ2) is 6.53. The van der Waals surface area contributed by atoms with E-state index in [4.69, 9.17) is 4.74 Å². The van der Waals surface area contributed by atoms with Crippen LogP contribution in [0.25, 0.3) is 0 Å². The molecular formula is C27H23NO4. The minimum atomic E-state index is -0.990. The number of carbonyl (C=O) groups excluding carboxylic acids is 2. The molecule has 1 N–H and O–H groups in total. The van der Waals surface area contributed by atoms with Crippen LogP contribution < -0.4 is 9.64 Å². The van der Waals surface area contributed by atoms with Crippen molar-refractivity contribution in [1.82, 2.24) is 0 Å². The van der Waals surface area contributed by atoms with Crippen molar-refractivity contribution < 1.29 is 19.4 Å². The van der Waals surface area contributed by atoms with Crippen LogP contribution in [0, 0.1) is 11.8 Å². The predicted octanol–water partition coefficient (Wildman–Crippen LogP) is 3.63. The average Bonchev–Trinajstić information content (AvgIpc) is 3.09. The molecule has 1 aliphatic heterocycles. The molecule has 0 saturated carbocycles. The molecule has 4 aliphatic rings. The Morgan fingerprint density at radius 1 is 0.875 bits per heavy atom. The average molecular weight is 425 g/mol. The molecule has 5 heteroatoms. The Hall–Kier alpha value is -3.44. The summed E-state index contributed by atoms with van der Waals surface area (Å²) in [7, 11) is 1.53. The molecule has 2 bridgehead atoms. The quantitative estimate of drug-likeness (QED) is 0.651. The maximum atomic E-state index is 14.1. The summed E-state index contributed by atoms with van der Waals surface area (Å²) in [5.41, 5.74) is 3.40. The van der Waals surface area contributed by atoms with E-state index in [1.165, 1.54) is 12.0 Å². The standard InChI is InChI=1S/C27H23NO4/c1-15(29)27-18-11-5-3-9-16(18)22(17-10-4-6-12-19(17)27)23-24(27)26(31)28(25(23)30)20-13-7-8-14-21(20)32-2/h3-15,22-24,29H,1-2H3/t15-,22?,23+,24+,27?/m0/s1. The van der Waals surface area contributed by atoms with Gasteiger partial charge in [-0.3, -0.25) is 9.59 Å². The van der Waals surface area contributed by atoms with Crippen molar-refractivity contribution in [2.24, 2.45) is 11.8 Å². The number of amides is 2. The third kappa shape index (κ3) is 2.07. The van der Waals surface area contributed by atoms with E-state index in [1.807, 2.05) is 54.6 Å². The Bertz CT molecular complexity index is 1230. The van der Waals surface area contributed by atoms with Crippen molar-refractivity contribution in [1.29, 1.82) is 0 Å². The maximum absolute atomic E-state index is 14.1. The lowest BCUT2D eigenvalue weighted by Crippen LogP contribution is -2.58. The van der Waals surface area contributed by atoms with Gasteiger partial charge in [-0.2, -0.15) is 0 Å². The zero-order chi connectivity index (χ0) is 22.2. The zero-order valence-electron chi connectivity index (χ0n) is 17.9. The second-order valence-corrected chi connectivity index (χ2v) is 8.88. The Balaban J connectivity index is 1.66. The van der Waals surface area contributed by atoms with E-state index in [2.05, 4.69) is 0 Å². The minimum absolute atomic E-state index is 0.232. The highest BCUT2D eigenvalue weighted by Gasteiger charge is 2.69. The number of benzene rings is 3. The van der Waals surface area contributed by atoms with Gasteiger partial charge in [-0.1, -0.05) is 60.7 Å². The Morgan fingerprint density at radius 2 is 1.44 bits per heavy atom. The van der Waals surface area contributed by atoms with Gasteiger partial charge in [0.1, 0.15) is 5.75 Å². The molecule has 32 heavy (non-hydrogen) atoms. The molecule has 3 aromatic rings. The molecule has 1 heterocycles. The van der Waals surface area contributed by atoms with Crippen LogP contribution in [0.4, 0.5) is 5.69 Å². The van der Waals surface area contributed by atoms with Gasteiger partial charge in [-0.25, -0.2) is 4.90 Å². The molecule has 3 atom stereocenters. The summed E-state index contributed by atoms with van der Waals surface area (Å²) in [4.78, 5) is 29.3. The molecule has 3 aromatic carbocycles. The summed E-state index contributed by atoms with van der Waals surface area (Å²) in [6, 6.07) is 23.0. The van der Waals surface area contributed by atoms with E-state index < -0.39 is 23.4 Å². The van der Waals surface area contributed by atoms with E-state index >= 15 is 0 Å². The molecule has 3 aliphatic carbocycles. The van der Waals surface area contributed by atoms with Crippen LogP contribution in [0.1, 0.15) is 35.1 Å². The Kier molecular flexibility index (Phi) is 3.93. The van der Waals surface area contributed by atoms with Crippen molar-refractivity contribution in [3.05, 3.63) is 95.1 Å². The highest BCUT2D eigenvalue weighted by atomic mass is 16.5. The lowest BCUT2D eigenvalue weighted by atomic mass is 9.46. The largest absolute Gasteiger partial charge is 0.495 e. The summed E-state index contributed by atoms with van der Waals surface area (Å²) in [6.07, 6.45) is -0.868. The Morgan fingerprint density at radius 3 is 2.03 bits per heavy atom. The number of rotatable bonds is 3. The second-order valence-electron chi connectivity index (χ2n) is 8.88. The number of aliphatic hydroxyl groups is 1. The molecule has 0 spiro atoms. The fourth-order valence-corrected chi connectivity index (χ4v) is 6.59. The minimum Gasteiger partial charge on any atom is -0.495 e. The van der Waals surface area contributed by atoms with Crippen molar-refractivity contribution in [2.75, 3.05) is 12.0 Å². The third-order valence-electron chi connectivity index (χ3n) is 7.67. The summed E-state index contributed by atoms with van der Waals surface area (Å²) < 4.78 is 5.48. The van der Waals surface area contributed by atoms with Crippen molar-refractivity contribution in [3.63, 3.8) is 0 Å². The molecule has 0 unspecified atom stereocenters. The van der Waals surface area contributed by atoms with Crippen LogP contribution >= 0.6 is 0 Å². The number of methoxy groups -OCH3 is 1. The summed E-state index contributed by atoms with van der Waals surface area (Å²) in [5.74, 6) is -1.53. The predicted molar refractivity (Wildman–Crippen MR) is 120 cm³/mol. The molecule has 0 aromatic heterocycles. The van der Waals surface area contributed by atoms with Crippen LogP contribution in [-0.4, -0.2) is 30.1 Å². The molecule has 1 fully saturated rings. The third-order valence-corrected chi connectivity index (χ3v) is 7.67. The maximum Gasteiger partial charge on any atom is 0.239 e. The molecule has 0 radical (unpaired) electrons. The van der Waals surface area contributed by atoms with Crippen LogP contribution in [0.15, 0.2) is 72.8 Å². The number of imide groups is 1. The van der Waals surface area contributed by atoms with E-state index in [-0.39, 0.29) is 17.7 Å². The van der Waals surface area contributed by atoms with Gasteiger partial charge in [0, 0.05) is 5.92 Å². The van der Waals surface area contributed by atoms with Gasteiger partial charge in [-0.05, 0) is 41.3 Å². The van der Waals surface area contributed by atoms with Gasteiger partial charge in [-0.15, -0.1) is 0 Å². The van der Waals surface area contributed by atoms with Crippen LogP contribution in [0.2, 0.25) is 0 Å². The first-order valence-electron chi connectivity index (χ1n) is 10.9. The topological polar surface area (TPSA) is 66.8 Å². The summed E-state index contributed by atoms with van der Waals surface area (Å²) in [6.45, 7) is 1.74.